The molecule has 0 amide bonds. The van der Waals surface area contributed by atoms with Crippen LogP contribution < -0.4 is 11.1 Å². The summed E-state index contributed by atoms with van der Waals surface area (Å²) < 4.78 is 0. The number of nitrogens with zero attached hydrogens (tertiary/aromatic N) is 1. The lowest BCUT2D eigenvalue weighted by atomic mass is 10.0. The summed E-state index contributed by atoms with van der Waals surface area (Å²) in [4.78, 5) is 0. The molecule has 13 heavy (non-hydrogen) atoms. The van der Waals surface area contributed by atoms with Gasteiger partial charge in [-0.2, -0.15) is 0 Å². The highest BCUT2D eigenvalue weighted by Crippen LogP contribution is 2.48. The first-order chi connectivity index (χ1) is 6.22. The van der Waals surface area contributed by atoms with E-state index in [0.29, 0.717) is 18.8 Å². The number of nitrogens with one attached hydrogen (secondary N) is 1. The van der Waals surface area contributed by atoms with E-state index in [1.54, 1.807) is 0 Å². The summed E-state index contributed by atoms with van der Waals surface area (Å²) in [6.45, 7) is 1.44. The number of hydrogen-bond acceptors (Lipinski definition) is 3. The molecule has 72 valence electrons. The monoisotopic (exact) mass is 181 g/mol. The standard InChI is InChI=1S/C9H15N3O/c1-2-5-11-7-9(3-4-9)6-8(10)12-13/h1,11,13H,3-7H2,(H2,10,12). The summed E-state index contributed by atoms with van der Waals surface area (Å²) in [6.07, 6.45) is 8.01. The molecule has 0 radical (unpaired) electrons. The summed E-state index contributed by atoms with van der Waals surface area (Å²) in [5.74, 6) is 2.82. The van der Waals surface area contributed by atoms with Crippen LogP contribution in [-0.2, 0) is 0 Å². The Morgan fingerprint density at radius 3 is 2.85 bits per heavy atom. The van der Waals surface area contributed by atoms with Crippen LogP contribution in [0.3, 0.4) is 0 Å². The molecule has 4 heteroatoms. The topological polar surface area (TPSA) is 70.6 Å². The molecule has 0 atom stereocenters. The first-order valence-corrected chi connectivity index (χ1v) is 4.33. The molecule has 4 N–H and O–H groups in total. The Balaban J connectivity index is 2.27. The Kier molecular flexibility index (Phi) is 3.15. The summed E-state index contributed by atoms with van der Waals surface area (Å²) in [7, 11) is 0. The van der Waals surface area contributed by atoms with Gasteiger partial charge in [-0.1, -0.05) is 11.1 Å². The molecule has 0 aromatic rings. The van der Waals surface area contributed by atoms with Gasteiger partial charge in [0.05, 0.1) is 6.54 Å². The molecule has 1 saturated carbocycles. The van der Waals surface area contributed by atoms with Gasteiger partial charge >= 0.3 is 0 Å². The van der Waals surface area contributed by atoms with Gasteiger partial charge in [0.2, 0.25) is 0 Å². The first kappa shape index (κ1) is 9.87. The number of nitrogens with two attached hydrogens (primary N) is 1. The highest BCUT2D eigenvalue weighted by Gasteiger charge is 2.42. The van der Waals surface area contributed by atoms with Crippen LogP contribution in [0.2, 0.25) is 0 Å². The van der Waals surface area contributed by atoms with E-state index < -0.39 is 0 Å². The van der Waals surface area contributed by atoms with Crippen molar-refractivity contribution >= 4 is 5.84 Å². The van der Waals surface area contributed by atoms with Crippen molar-refractivity contribution in [2.24, 2.45) is 16.3 Å². The van der Waals surface area contributed by atoms with E-state index in [4.69, 9.17) is 17.4 Å². The molecule has 4 nitrogen and oxygen atoms in total. The van der Waals surface area contributed by atoms with Crippen molar-refractivity contribution in [1.82, 2.24) is 5.32 Å². The second kappa shape index (κ2) is 4.15. The van der Waals surface area contributed by atoms with Crippen molar-refractivity contribution in [3.63, 3.8) is 0 Å². The van der Waals surface area contributed by atoms with Crippen LogP contribution in [0.25, 0.3) is 0 Å². The molecule has 1 fully saturated rings. The second-order valence-corrected chi connectivity index (χ2v) is 3.58. The number of hydrogen-bond donors (Lipinski definition) is 3. The van der Waals surface area contributed by atoms with E-state index in [0.717, 1.165) is 19.4 Å². The summed E-state index contributed by atoms with van der Waals surface area (Å²) in [6, 6.07) is 0. The molecule has 1 aliphatic rings. The van der Waals surface area contributed by atoms with Gasteiger partial charge in [0.25, 0.3) is 0 Å². The molecule has 0 heterocycles. The average Bonchev–Trinajstić information content (AvgIpc) is 2.86. The fraction of sp³-hybridized carbons (Fsp3) is 0.667. The Morgan fingerprint density at radius 1 is 1.69 bits per heavy atom. The molecular formula is C9H15N3O. The average molecular weight is 181 g/mol. The fourth-order valence-corrected chi connectivity index (χ4v) is 1.41. The summed E-state index contributed by atoms with van der Waals surface area (Å²) >= 11 is 0. The van der Waals surface area contributed by atoms with Gasteiger partial charge in [0.15, 0.2) is 0 Å². The van der Waals surface area contributed by atoms with Gasteiger partial charge < -0.3 is 16.3 Å². The van der Waals surface area contributed by atoms with Crippen LogP contribution >= 0.6 is 0 Å². The normalized spacial score (nSPS) is 19.5. The van der Waals surface area contributed by atoms with Gasteiger partial charge in [0.1, 0.15) is 5.84 Å². The lowest BCUT2D eigenvalue weighted by molar-refractivity contribution is 0.314. The third-order valence-corrected chi connectivity index (χ3v) is 2.37. The Hall–Kier alpha value is -1.21. The maximum Gasteiger partial charge on any atom is 0.139 e. The van der Waals surface area contributed by atoms with Crippen LogP contribution in [-0.4, -0.2) is 24.1 Å². The van der Waals surface area contributed by atoms with Crippen LogP contribution in [0, 0.1) is 17.8 Å². The number of amidine groups is 1. The molecule has 0 bridgehead atoms. The molecule has 0 aromatic heterocycles. The molecule has 0 saturated heterocycles. The minimum absolute atomic E-state index is 0.202. The number of terminal acetylenes is 1. The van der Waals surface area contributed by atoms with Crippen molar-refractivity contribution in [2.45, 2.75) is 19.3 Å². The van der Waals surface area contributed by atoms with Crippen molar-refractivity contribution in [1.29, 1.82) is 0 Å². The lowest BCUT2D eigenvalue weighted by Crippen LogP contribution is -2.28. The van der Waals surface area contributed by atoms with E-state index in [9.17, 15) is 0 Å². The molecule has 1 rings (SSSR count). The zero-order valence-electron chi connectivity index (χ0n) is 7.58. The van der Waals surface area contributed by atoms with Crippen LogP contribution in [0.15, 0.2) is 5.16 Å². The number of rotatable bonds is 5. The predicted octanol–water partition coefficient (Wildman–Crippen LogP) is 0.126. The van der Waals surface area contributed by atoms with Crippen LogP contribution in [0.1, 0.15) is 19.3 Å². The minimum atomic E-state index is 0.202. The van der Waals surface area contributed by atoms with Crippen molar-refractivity contribution in [3.05, 3.63) is 0 Å². The van der Waals surface area contributed by atoms with Gasteiger partial charge in [-0.05, 0) is 18.3 Å². The molecule has 0 spiro atoms. The maximum atomic E-state index is 8.41. The number of oxime groups is 1. The van der Waals surface area contributed by atoms with Gasteiger partial charge in [0, 0.05) is 13.0 Å². The summed E-state index contributed by atoms with van der Waals surface area (Å²) in [5, 5.41) is 14.5. The SMILES string of the molecule is C#CCNCC1(CC(N)=NO)CC1. The second-order valence-electron chi connectivity index (χ2n) is 3.58. The smallest absolute Gasteiger partial charge is 0.139 e. The highest BCUT2D eigenvalue weighted by molar-refractivity contribution is 5.80. The van der Waals surface area contributed by atoms with Crippen molar-refractivity contribution < 1.29 is 5.21 Å². The molecule has 0 aliphatic heterocycles. The van der Waals surface area contributed by atoms with E-state index in [-0.39, 0.29) is 5.41 Å². The van der Waals surface area contributed by atoms with E-state index in [1.165, 1.54) is 0 Å². The highest BCUT2D eigenvalue weighted by atomic mass is 16.4. The van der Waals surface area contributed by atoms with E-state index in [2.05, 4.69) is 16.4 Å². The Bertz CT molecular complexity index is 238. The Morgan fingerprint density at radius 2 is 2.38 bits per heavy atom. The zero-order valence-corrected chi connectivity index (χ0v) is 7.58. The molecule has 1 aliphatic carbocycles. The van der Waals surface area contributed by atoms with Crippen molar-refractivity contribution in [3.8, 4) is 12.3 Å². The minimum Gasteiger partial charge on any atom is -0.409 e. The fourth-order valence-electron chi connectivity index (χ4n) is 1.41. The maximum absolute atomic E-state index is 8.41. The largest absolute Gasteiger partial charge is 0.409 e. The van der Waals surface area contributed by atoms with Crippen molar-refractivity contribution in [2.75, 3.05) is 13.1 Å². The van der Waals surface area contributed by atoms with E-state index >= 15 is 0 Å². The molecule has 0 aromatic carbocycles. The molecule has 0 unspecified atom stereocenters. The van der Waals surface area contributed by atoms with Crippen LogP contribution in [0.4, 0.5) is 0 Å². The van der Waals surface area contributed by atoms with Crippen LogP contribution in [0.5, 0.6) is 0 Å². The lowest BCUT2D eigenvalue weighted by Gasteiger charge is -2.13. The van der Waals surface area contributed by atoms with Gasteiger partial charge in [-0.15, -0.1) is 6.42 Å². The predicted molar refractivity (Wildman–Crippen MR) is 51.4 cm³/mol. The Labute approximate surface area is 78.2 Å². The van der Waals surface area contributed by atoms with Gasteiger partial charge in [-0.25, -0.2) is 0 Å². The quantitative estimate of drug-likeness (QED) is 0.141. The van der Waals surface area contributed by atoms with E-state index in [1.807, 2.05) is 0 Å². The summed E-state index contributed by atoms with van der Waals surface area (Å²) in [5.41, 5.74) is 5.64. The zero-order chi connectivity index (χ0) is 9.73. The first-order valence-electron chi connectivity index (χ1n) is 4.33. The third kappa shape index (κ3) is 2.96. The van der Waals surface area contributed by atoms with Gasteiger partial charge in [-0.3, -0.25) is 0 Å². The molecular weight excluding hydrogens is 166 g/mol. The third-order valence-electron chi connectivity index (χ3n) is 2.37.